The van der Waals surface area contributed by atoms with Crippen LogP contribution in [0.2, 0.25) is 0 Å². The van der Waals surface area contributed by atoms with E-state index in [1.165, 1.54) is 0 Å². The third kappa shape index (κ3) is 3.83. The van der Waals surface area contributed by atoms with Crippen LogP contribution in [0.1, 0.15) is 25.6 Å². The Kier molecular flexibility index (Phi) is 5.04. The van der Waals surface area contributed by atoms with E-state index >= 15 is 0 Å². The summed E-state index contributed by atoms with van der Waals surface area (Å²) < 4.78 is 7.33. The lowest BCUT2D eigenvalue weighted by Crippen LogP contribution is -2.18. The van der Waals surface area contributed by atoms with Gasteiger partial charge in [-0.2, -0.15) is 0 Å². The lowest BCUT2D eigenvalue weighted by molar-refractivity contribution is -0.118. The van der Waals surface area contributed by atoms with Crippen LogP contribution < -0.4 is 0 Å². The van der Waals surface area contributed by atoms with Gasteiger partial charge in [0.1, 0.15) is 24.4 Å². The molecule has 1 aromatic heterocycles. The summed E-state index contributed by atoms with van der Waals surface area (Å²) in [6, 6.07) is 0. The van der Waals surface area contributed by atoms with E-state index in [9.17, 15) is 4.79 Å². The number of hydrogen-bond donors (Lipinski definition) is 0. The molecule has 0 saturated heterocycles. The van der Waals surface area contributed by atoms with Gasteiger partial charge in [0.2, 0.25) is 0 Å². The average molecular weight is 209 g/mol. The van der Waals surface area contributed by atoms with Crippen molar-refractivity contribution in [1.29, 1.82) is 0 Å². The van der Waals surface area contributed by atoms with Crippen molar-refractivity contribution < 1.29 is 9.53 Å². The second kappa shape index (κ2) is 6.35. The normalized spacial score (nSPS) is 12.7. The topological polar surface area (TPSA) is 44.1 Å². The van der Waals surface area contributed by atoms with E-state index in [4.69, 9.17) is 4.74 Å². The van der Waals surface area contributed by atoms with E-state index < -0.39 is 0 Å². The highest BCUT2D eigenvalue weighted by molar-refractivity contribution is 5.55. The van der Waals surface area contributed by atoms with Crippen LogP contribution in [0.3, 0.4) is 0 Å². The summed E-state index contributed by atoms with van der Waals surface area (Å²) in [5.74, 6) is 0.912. The molecule has 0 spiro atoms. The van der Waals surface area contributed by atoms with Gasteiger partial charge in [0, 0.05) is 19.3 Å². The van der Waals surface area contributed by atoms with Gasteiger partial charge >= 0.3 is 0 Å². The van der Waals surface area contributed by atoms with Gasteiger partial charge in [0.15, 0.2) is 0 Å². The van der Waals surface area contributed by atoms with E-state index in [1.54, 1.807) is 6.20 Å². The molecule has 0 aliphatic heterocycles. The van der Waals surface area contributed by atoms with Crippen LogP contribution >= 0.6 is 0 Å². The highest BCUT2D eigenvalue weighted by Crippen LogP contribution is 2.02. The van der Waals surface area contributed by atoms with Crippen molar-refractivity contribution in [3.63, 3.8) is 0 Å². The quantitative estimate of drug-likeness (QED) is 0.637. The standard InChI is InChI=1S/C11H17N2O2/c1-3-8-15-11(9-14)4-6-13-7-5-12-10(13)2/h7,9,11H,3-4,6,8H2,1-2H3. The number of aromatic nitrogens is 2. The summed E-state index contributed by atoms with van der Waals surface area (Å²) in [5, 5.41) is 0. The zero-order valence-corrected chi connectivity index (χ0v) is 9.27. The Morgan fingerprint density at radius 1 is 1.73 bits per heavy atom. The monoisotopic (exact) mass is 209 g/mol. The Morgan fingerprint density at radius 3 is 3.07 bits per heavy atom. The molecule has 1 heterocycles. The lowest BCUT2D eigenvalue weighted by atomic mass is 10.2. The predicted octanol–water partition coefficient (Wildman–Crippen LogP) is 1.38. The molecular weight excluding hydrogens is 192 g/mol. The van der Waals surface area contributed by atoms with Gasteiger partial charge in [-0.1, -0.05) is 6.92 Å². The molecule has 0 bridgehead atoms. The number of ether oxygens (including phenoxy) is 1. The van der Waals surface area contributed by atoms with Crippen LogP contribution in [0.4, 0.5) is 0 Å². The second-order valence-electron chi connectivity index (χ2n) is 3.44. The molecule has 0 aromatic carbocycles. The SMILES string of the molecule is CCCOC(C=O)CCn1c[c]nc1C. The Morgan fingerprint density at radius 2 is 2.53 bits per heavy atom. The third-order valence-electron chi connectivity index (χ3n) is 2.20. The molecule has 0 fully saturated rings. The van der Waals surface area contributed by atoms with E-state index in [0.29, 0.717) is 13.0 Å². The second-order valence-corrected chi connectivity index (χ2v) is 3.44. The summed E-state index contributed by atoms with van der Waals surface area (Å²) >= 11 is 0. The van der Waals surface area contributed by atoms with E-state index in [1.807, 2.05) is 18.4 Å². The number of nitrogens with zero attached hydrogens (tertiary/aromatic N) is 2. The fourth-order valence-electron chi connectivity index (χ4n) is 1.30. The van der Waals surface area contributed by atoms with Gasteiger partial charge in [0.05, 0.1) is 0 Å². The Balaban J connectivity index is 2.34. The average Bonchev–Trinajstić information content (AvgIpc) is 2.65. The number of carbonyl (C=O) groups excluding carboxylic acids is 1. The van der Waals surface area contributed by atoms with Crippen LogP contribution in [0, 0.1) is 13.1 Å². The summed E-state index contributed by atoms with van der Waals surface area (Å²) in [7, 11) is 0. The van der Waals surface area contributed by atoms with Crippen molar-refractivity contribution in [2.45, 2.75) is 39.3 Å². The number of carbonyl (C=O) groups is 1. The molecule has 1 unspecified atom stereocenters. The molecule has 0 saturated carbocycles. The molecule has 0 N–H and O–H groups in total. The molecule has 1 aromatic rings. The maximum atomic E-state index is 10.7. The first-order valence-corrected chi connectivity index (χ1v) is 5.24. The van der Waals surface area contributed by atoms with Crippen LogP contribution in [-0.2, 0) is 16.1 Å². The molecule has 15 heavy (non-hydrogen) atoms. The van der Waals surface area contributed by atoms with Gasteiger partial charge in [-0.3, -0.25) is 0 Å². The molecule has 0 amide bonds. The largest absolute Gasteiger partial charge is 0.371 e. The smallest absolute Gasteiger partial charge is 0.148 e. The van der Waals surface area contributed by atoms with Crippen LogP contribution in [0.5, 0.6) is 0 Å². The van der Waals surface area contributed by atoms with Crippen molar-refractivity contribution in [2.24, 2.45) is 0 Å². The number of rotatable bonds is 7. The zero-order valence-electron chi connectivity index (χ0n) is 9.27. The van der Waals surface area contributed by atoms with E-state index in [0.717, 1.165) is 25.1 Å². The first-order chi connectivity index (χ1) is 7.27. The third-order valence-corrected chi connectivity index (χ3v) is 2.20. The predicted molar refractivity (Wildman–Crippen MR) is 56.5 cm³/mol. The molecule has 4 nitrogen and oxygen atoms in total. The Labute approximate surface area is 90.3 Å². The maximum absolute atomic E-state index is 10.7. The Bertz CT molecular complexity index is 297. The summed E-state index contributed by atoms with van der Waals surface area (Å²) in [4.78, 5) is 14.7. The molecule has 1 radical (unpaired) electrons. The van der Waals surface area contributed by atoms with Gasteiger partial charge in [-0.15, -0.1) is 0 Å². The first-order valence-electron chi connectivity index (χ1n) is 5.24. The highest BCUT2D eigenvalue weighted by atomic mass is 16.5. The van der Waals surface area contributed by atoms with E-state index in [2.05, 4.69) is 11.2 Å². The van der Waals surface area contributed by atoms with Crippen molar-refractivity contribution in [3.8, 4) is 0 Å². The maximum Gasteiger partial charge on any atom is 0.148 e. The van der Waals surface area contributed by atoms with E-state index in [-0.39, 0.29) is 6.10 Å². The van der Waals surface area contributed by atoms with Gasteiger partial charge in [-0.25, -0.2) is 4.98 Å². The molecular formula is C11H17N2O2. The number of aryl methyl sites for hydroxylation is 2. The molecule has 0 aliphatic rings. The number of hydrogen-bond acceptors (Lipinski definition) is 3. The first kappa shape index (κ1) is 11.9. The minimum atomic E-state index is -0.299. The minimum Gasteiger partial charge on any atom is -0.371 e. The summed E-state index contributed by atoms with van der Waals surface area (Å²) in [6.45, 7) is 5.32. The lowest BCUT2D eigenvalue weighted by Gasteiger charge is -2.11. The molecule has 83 valence electrons. The van der Waals surface area contributed by atoms with Crippen molar-refractivity contribution in [3.05, 3.63) is 18.2 Å². The van der Waals surface area contributed by atoms with Crippen molar-refractivity contribution in [2.75, 3.05) is 6.61 Å². The molecule has 1 atom stereocenters. The van der Waals surface area contributed by atoms with Gasteiger partial charge in [0.25, 0.3) is 0 Å². The van der Waals surface area contributed by atoms with Crippen molar-refractivity contribution in [1.82, 2.24) is 9.55 Å². The zero-order chi connectivity index (χ0) is 11.1. The van der Waals surface area contributed by atoms with Gasteiger partial charge < -0.3 is 14.1 Å². The minimum absolute atomic E-state index is 0.299. The fraction of sp³-hybridized carbons (Fsp3) is 0.636. The van der Waals surface area contributed by atoms with Crippen LogP contribution in [-0.4, -0.2) is 28.5 Å². The molecule has 0 aliphatic carbocycles. The molecule has 4 heteroatoms. The van der Waals surface area contributed by atoms with Crippen molar-refractivity contribution >= 4 is 6.29 Å². The summed E-state index contributed by atoms with van der Waals surface area (Å²) in [6.07, 6.45) is 6.74. The summed E-state index contributed by atoms with van der Waals surface area (Å²) in [5.41, 5.74) is 0. The number of aldehydes is 1. The van der Waals surface area contributed by atoms with Crippen LogP contribution in [0.15, 0.2) is 6.20 Å². The molecule has 1 rings (SSSR count). The Hall–Kier alpha value is -1.16. The fourth-order valence-corrected chi connectivity index (χ4v) is 1.30. The van der Waals surface area contributed by atoms with Gasteiger partial charge in [-0.05, 0) is 19.8 Å². The number of imidazole rings is 1. The highest BCUT2D eigenvalue weighted by Gasteiger charge is 2.07. The van der Waals surface area contributed by atoms with Crippen LogP contribution in [0.25, 0.3) is 0 Å².